The second kappa shape index (κ2) is 4.11. The minimum atomic E-state index is -0.0278. The summed E-state index contributed by atoms with van der Waals surface area (Å²) in [6.07, 6.45) is 5.66. The van der Waals surface area contributed by atoms with Gasteiger partial charge in [-0.15, -0.1) is 0 Å². The lowest BCUT2D eigenvalue weighted by molar-refractivity contribution is -0.120. The van der Waals surface area contributed by atoms with Gasteiger partial charge in [-0.05, 0) is 31.4 Å². The SMILES string of the molecule is O=C1C2CCCCC2=NN1c1cccnc1Cl. The lowest BCUT2D eigenvalue weighted by atomic mass is 9.87. The molecule has 17 heavy (non-hydrogen) atoms. The van der Waals surface area contributed by atoms with Crippen LogP contribution in [0.3, 0.4) is 0 Å². The molecule has 1 aromatic rings. The predicted molar refractivity (Wildman–Crippen MR) is 66.1 cm³/mol. The molecular formula is C12H12ClN3O. The minimum absolute atomic E-state index is 0.0278. The van der Waals surface area contributed by atoms with E-state index in [9.17, 15) is 4.79 Å². The highest BCUT2D eigenvalue weighted by molar-refractivity contribution is 6.33. The van der Waals surface area contributed by atoms with Crippen LogP contribution in [-0.2, 0) is 4.79 Å². The van der Waals surface area contributed by atoms with Crippen molar-refractivity contribution in [3.8, 4) is 0 Å². The van der Waals surface area contributed by atoms with Gasteiger partial charge in [0.15, 0.2) is 5.15 Å². The fourth-order valence-corrected chi connectivity index (χ4v) is 2.61. The van der Waals surface area contributed by atoms with Crippen molar-refractivity contribution in [3.05, 3.63) is 23.5 Å². The third kappa shape index (κ3) is 1.72. The molecule has 0 saturated heterocycles. The number of carbonyl (C=O) groups is 1. The van der Waals surface area contributed by atoms with Gasteiger partial charge in [-0.1, -0.05) is 18.0 Å². The molecule has 1 fully saturated rings. The zero-order chi connectivity index (χ0) is 11.8. The topological polar surface area (TPSA) is 45.6 Å². The molecular weight excluding hydrogens is 238 g/mol. The van der Waals surface area contributed by atoms with Crippen molar-refractivity contribution in [2.75, 3.05) is 5.01 Å². The number of nitrogens with zero attached hydrogens (tertiary/aromatic N) is 3. The Labute approximate surface area is 104 Å². The molecule has 1 aliphatic carbocycles. The smallest absolute Gasteiger partial charge is 0.256 e. The molecule has 0 aromatic carbocycles. The van der Waals surface area contributed by atoms with Crippen LogP contribution < -0.4 is 5.01 Å². The number of rotatable bonds is 1. The second-order valence-corrected chi connectivity index (χ2v) is 4.71. The van der Waals surface area contributed by atoms with Crippen LogP contribution in [-0.4, -0.2) is 16.6 Å². The molecule has 0 radical (unpaired) electrons. The summed E-state index contributed by atoms with van der Waals surface area (Å²) in [5.74, 6) is 0.00891. The van der Waals surface area contributed by atoms with Crippen LogP contribution in [0.1, 0.15) is 25.7 Å². The number of hydrogen-bond donors (Lipinski definition) is 0. The summed E-state index contributed by atoms with van der Waals surface area (Å²) in [4.78, 5) is 16.2. The summed E-state index contributed by atoms with van der Waals surface area (Å²) in [7, 11) is 0. The largest absolute Gasteiger partial charge is 0.272 e. The Hall–Kier alpha value is -1.42. The lowest BCUT2D eigenvalue weighted by Crippen LogP contribution is -2.29. The number of anilines is 1. The molecule has 3 rings (SSSR count). The molecule has 1 saturated carbocycles. The van der Waals surface area contributed by atoms with E-state index in [0.29, 0.717) is 10.8 Å². The molecule has 0 bridgehead atoms. The average molecular weight is 250 g/mol. The molecule has 5 heteroatoms. The number of pyridine rings is 1. The van der Waals surface area contributed by atoms with Crippen LogP contribution in [0.4, 0.5) is 5.69 Å². The van der Waals surface area contributed by atoms with Gasteiger partial charge in [0.2, 0.25) is 0 Å². The van der Waals surface area contributed by atoms with Gasteiger partial charge in [0.1, 0.15) is 5.69 Å². The van der Waals surface area contributed by atoms with Gasteiger partial charge < -0.3 is 0 Å². The monoisotopic (exact) mass is 249 g/mol. The number of hydrogen-bond acceptors (Lipinski definition) is 3. The number of amides is 1. The number of hydrazone groups is 1. The van der Waals surface area contributed by atoms with Gasteiger partial charge in [-0.3, -0.25) is 4.79 Å². The van der Waals surface area contributed by atoms with Crippen molar-refractivity contribution in [1.82, 2.24) is 4.98 Å². The number of halogens is 1. The van der Waals surface area contributed by atoms with Gasteiger partial charge in [-0.25, -0.2) is 4.98 Å². The van der Waals surface area contributed by atoms with Crippen LogP contribution >= 0.6 is 11.6 Å². The third-order valence-electron chi connectivity index (χ3n) is 3.28. The quantitative estimate of drug-likeness (QED) is 0.719. The molecule has 4 nitrogen and oxygen atoms in total. The summed E-state index contributed by atoms with van der Waals surface area (Å²) in [5.41, 5.74) is 1.59. The van der Waals surface area contributed by atoms with Gasteiger partial charge in [0.05, 0.1) is 11.6 Å². The Bertz CT molecular complexity index is 500. The van der Waals surface area contributed by atoms with E-state index < -0.39 is 0 Å². The van der Waals surface area contributed by atoms with Crippen molar-refractivity contribution in [2.45, 2.75) is 25.7 Å². The molecule has 1 aromatic heterocycles. The van der Waals surface area contributed by atoms with E-state index in [1.807, 2.05) is 0 Å². The summed E-state index contributed by atoms with van der Waals surface area (Å²) in [5, 5.41) is 6.14. The Balaban J connectivity index is 1.98. The molecule has 2 aliphatic rings. The van der Waals surface area contributed by atoms with Crippen molar-refractivity contribution in [3.63, 3.8) is 0 Å². The van der Waals surface area contributed by atoms with Crippen molar-refractivity contribution in [1.29, 1.82) is 0 Å². The molecule has 88 valence electrons. The summed E-state index contributed by atoms with van der Waals surface area (Å²) >= 11 is 5.99. The molecule has 2 heterocycles. The molecule has 1 amide bonds. The van der Waals surface area contributed by atoms with Crippen LogP contribution in [0.15, 0.2) is 23.4 Å². The maximum atomic E-state index is 12.2. The van der Waals surface area contributed by atoms with E-state index in [4.69, 9.17) is 11.6 Å². The van der Waals surface area contributed by atoms with Crippen LogP contribution in [0.25, 0.3) is 0 Å². The maximum Gasteiger partial charge on any atom is 0.256 e. The number of aromatic nitrogens is 1. The van der Waals surface area contributed by atoms with E-state index in [-0.39, 0.29) is 11.8 Å². The van der Waals surface area contributed by atoms with Crippen LogP contribution in [0.2, 0.25) is 5.15 Å². The maximum absolute atomic E-state index is 12.2. The van der Waals surface area contributed by atoms with E-state index in [0.717, 1.165) is 31.4 Å². The Morgan fingerprint density at radius 1 is 1.41 bits per heavy atom. The summed E-state index contributed by atoms with van der Waals surface area (Å²) in [6, 6.07) is 3.53. The summed E-state index contributed by atoms with van der Waals surface area (Å²) in [6.45, 7) is 0. The molecule has 1 aliphatic heterocycles. The molecule has 0 spiro atoms. The zero-order valence-electron chi connectivity index (χ0n) is 9.27. The van der Waals surface area contributed by atoms with E-state index >= 15 is 0 Å². The third-order valence-corrected chi connectivity index (χ3v) is 3.57. The first-order valence-corrected chi connectivity index (χ1v) is 6.17. The Morgan fingerprint density at radius 2 is 2.29 bits per heavy atom. The minimum Gasteiger partial charge on any atom is -0.272 e. The predicted octanol–water partition coefficient (Wildman–Crippen LogP) is 2.63. The van der Waals surface area contributed by atoms with E-state index in [1.165, 1.54) is 5.01 Å². The Kier molecular flexibility index (Phi) is 2.59. The first-order valence-electron chi connectivity index (χ1n) is 5.79. The normalized spacial score (nSPS) is 23.6. The average Bonchev–Trinajstić information content (AvgIpc) is 2.68. The zero-order valence-corrected chi connectivity index (χ0v) is 10.0. The summed E-state index contributed by atoms with van der Waals surface area (Å²) < 4.78 is 0. The highest BCUT2D eigenvalue weighted by Gasteiger charge is 2.38. The molecule has 0 N–H and O–H groups in total. The molecule has 1 atom stereocenters. The highest BCUT2D eigenvalue weighted by Crippen LogP contribution is 2.34. The van der Waals surface area contributed by atoms with Crippen LogP contribution in [0.5, 0.6) is 0 Å². The second-order valence-electron chi connectivity index (χ2n) is 4.35. The first-order chi connectivity index (χ1) is 8.27. The van der Waals surface area contributed by atoms with E-state index in [2.05, 4.69) is 10.1 Å². The Morgan fingerprint density at radius 3 is 3.06 bits per heavy atom. The van der Waals surface area contributed by atoms with Crippen molar-refractivity contribution >= 4 is 28.9 Å². The van der Waals surface area contributed by atoms with Gasteiger partial charge in [0.25, 0.3) is 5.91 Å². The standard InChI is InChI=1S/C12H12ClN3O/c13-11-10(6-3-7-14-11)16-12(17)8-4-1-2-5-9(8)15-16/h3,6-8H,1-2,4-5H2. The van der Waals surface area contributed by atoms with Gasteiger partial charge in [0, 0.05) is 6.20 Å². The van der Waals surface area contributed by atoms with E-state index in [1.54, 1.807) is 18.3 Å². The lowest BCUT2D eigenvalue weighted by Gasteiger charge is -2.17. The number of fused-ring (bicyclic) bond motifs is 1. The highest BCUT2D eigenvalue weighted by atomic mass is 35.5. The first kappa shape index (κ1) is 10.7. The fraction of sp³-hybridized carbons (Fsp3) is 0.417. The van der Waals surface area contributed by atoms with Crippen molar-refractivity contribution < 1.29 is 4.79 Å². The molecule has 1 unspecified atom stereocenters. The number of carbonyl (C=O) groups excluding carboxylic acids is 1. The van der Waals surface area contributed by atoms with Crippen molar-refractivity contribution in [2.24, 2.45) is 11.0 Å². The van der Waals surface area contributed by atoms with Gasteiger partial charge in [-0.2, -0.15) is 10.1 Å². The fourth-order valence-electron chi connectivity index (χ4n) is 2.41. The van der Waals surface area contributed by atoms with Gasteiger partial charge >= 0.3 is 0 Å². The van der Waals surface area contributed by atoms with Crippen LogP contribution in [0, 0.1) is 5.92 Å².